The first kappa shape index (κ1) is 15.0. The van der Waals surface area contributed by atoms with Crippen molar-refractivity contribution in [3.05, 3.63) is 35.7 Å². The number of benzene rings is 1. The molecule has 0 fully saturated rings. The van der Waals surface area contributed by atoms with Crippen molar-refractivity contribution in [2.45, 2.75) is 12.8 Å². The lowest BCUT2D eigenvalue weighted by Crippen LogP contribution is -2.07. The normalized spacial score (nSPS) is 11.0. The Labute approximate surface area is 118 Å². The number of rotatable bonds is 7. The molecule has 1 N–H and O–H groups in total. The minimum atomic E-state index is -2.52. The minimum absolute atomic E-state index is 0.0316. The van der Waals surface area contributed by atoms with Crippen LogP contribution in [0, 0.1) is 0 Å². The maximum absolute atomic E-state index is 11.9. The number of carboxylic acids is 1. The van der Waals surface area contributed by atoms with E-state index in [9.17, 15) is 13.6 Å². The van der Waals surface area contributed by atoms with Crippen LogP contribution < -0.4 is 0 Å². The molecule has 2 aromatic rings. The highest BCUT2D eigenvalue weighted by atomic mass is 19.3. The van der Waals surface area contributed by atoms with Gasteiger partial charge in [-0.15, -0.1) is 0 Å². The summed E-state index contributed by atoms with van der Waals surface area (Å²) in [6.45, 7) is -0.615. The van der Waals surface area contributed by atoms with Crippen LogP contribution >= 0.6 is 0 Å². The Kier molecular flexibility index (Phi) is 4.94. The summed E-state index contributed by atoms with van der Waals surface area (Å²) < 4.78 is 33.5. The molecule has 0 aliphatic rings. The number of carboxylic acid groups (broad SMARTS) is 1. The molecule has 0 amide bonds. The first-order valence-electron chi connectivity index (χ1n) is 6.09. The Morgan fingerprint density at radius 2 is 2.14 bits per heavy atom. The van der Waals surface area contributed by atoms with Gasteiger partial charge < -0.3 is 14.4 Å². The molecule has 0 saturated heterocycles. The minimum Gasteiger partial charge on any atom is -0.478 e. The van der Waals surface area contributed by atoms with Crippen LogP contribution in [-0.2, 0) is 11.2 Å². The fraction of sp³-hybridized carbons (Fsp3) is 0.308. The number of aromatic carboxylic acids is 1. The average Bonchev–Trinajstić information content (AvgIpc) is 2.92. The van der Waals surface area contributed by atoms with Crippen molar-refractivity contribution < 1.29 is 27.9 Å². The number of halogens is 2. The van der Waals surface area contributed by atoms with Gasteiger partial charge in [-0.3, -0.25) is 0 Å². The number of hydrogen-bond donors (Lipinski definition) is 1. The number of hydrogen-bond acceptors (Lipinski definition) is 5. The molecule has 112 valence electrons. The van der Waals surface area contributed by atoms with E-state index < -0.39 is 19.0 Å². The highest BCUT2D eigenvalue weighted by Gasteiger charge is 2.16. The SMILES string of the molecule is O=C(O)c1ccccc1-c1nc(CCOCC(F)F)no1. The second-order valence-electron chi connectivity index (χ2n) is 4.08. The smallest absolute Gasteiger partial charge is 0.336 e. The molecule has 0 spiro atoms. The summed E-state index contributed by atoms with van der Waals surface area (Å²) in [5, 5.41) is 12.7. The van der Waals surface area contributed by atoms with Crippen LogP contribution in [0.4, 0.5) is 8.78 Å². The van der Waals surface area contributed by atoms with E-state index in [1.165, 1.54) is 6.07 Å². The summed E-state index contributed by atoms with van der Waals surface area (Å²) in [4.78, 5) is 15.1. The Hall–Kier alpha value is -2.35. The number of ether oxygens (including phenoxy) is 1. The molecule has 2 rings (SSSR count). The van der Waals surface area contributed by atoms with Crippen LogP contribution in [0.2, 0.25) is 0 Å². The predicted molar refractivity (Wildman–Crippen MR) is 67.2 cm³/mol. The van der Waals surface area contributed by atoms with E-state index in [-0.39, 0.29) is 30.3 Å². The zero-order chi connectivity index (χ0) is 15.2. The number of alkyl halides is 2. The number of nitrogens with zero attached hydrogens (tertiary/aromatic N) is 2. The van der Waals surface area contributed by atoms with Gasteiger partial charge in [0.25, 0.3) is 12.3 Å². The van der Waals surface area contributed by atoms with Crippen molar-refractivity contribution >= 4 is 5.97 Å². The van der Waals surface area contributed by atoms with Gasteiger partial charge in [0.2, 0.25) is 0 Å². The van der Waals surface area contributed by atoms with Crippen molar-refractivity contribution in [2.24, 2.45) is 0 Å². The molecular formula is C13H12F2N2O4. The lowest BCUT2D eigenvalue weighted by molar-refractivity contribution is 0.0182. The summed E-state index contributed by atoms with van der Waals surface area (Å²) in [6.07, 6.45) is -2.32. The van der Waals surface area contributed by atoms with Gasteiger partial charge in [-0.05, 0) is 12.1 Å². The number of carbonyl (C=O) groups is 1. The van der Waals surface area contributed by atoms with E-state index in [0.717, 1.165) is 0 Å². The molecule has 0 saturated carbocycles. The monoisotopic (exact) mass is 298 g/mol. The van der Waals surface area contributed by atoms with Crippen molar-refractivity contribution in [3.8, 4) is 11.5 Å². The largest absolute Gasteiger partial charge is 0.478 e. The van der Waals surface area contributed by atoms with Gasteiger partial charge in [-0.2, -0.15) is 4.98 Å². The molecule has 8 heteroatoms. The number of aromatic nitrogens is 2. The lowest BCUT2D eigenvalue weighted by Gasteiger charge is -2.00. The third kappa shape index (κ3) is 4.06. The zero-order valence-electron chi connectivity index (χ0n) is 10.8. The first-order chi connectivity index (χ1) is 10.1. The Bertz CT molecular complexity index is 616. The van der Waals surface area contributed by atoms with Gasteiger partial charge in [-0.25, -0.2) is 13.6 Å². The second-order valence-corrected chi connectivity index (χ2v) is 4.08. The Morgan fingerprint density at radius 3 is 2.86 bits per heavy atom. The van der Waals surface area contributed by atoms with E-state index in [1.807, 2.05) is 0 Å². The fourth-order valence-electron chi connectivity index (χ4n) is 1.66. The van der Waals surface area contributed by atoms with E-state index in [2.05, 4.69) is 10.1 Å². The molecule has 0 bridgehead atoms. The van der Waals surface area contributed by atoms with Crippen LogP contribution in [0.15, 0.2) is 28.8 Å². The topological polar surface area (TPSA) is 85.5 Å². The fourth-order valence-corrected chi connectivity index (χ4v) is 1.66. The van der Waals surface area contributed by atoms with Gasteiger partial charge >= 0.3 is 5.97 Å². The van der Waals surface area contributed by atoms with Gasteiger partial charge in [0.15, 0.2) is 5.82 Å². The first-order valence-corrected chi connectivity index (χ1v) is 6.09. The highest BCUT2D eigenvalue weighted by Crippen LogP contribution is 2.22. The molecule has 1 aromatic heterocycles. The van der Waals surface area contributed by atoms with E-state index in [4.69, 9.17) is 14.4 Å². The molecule has 0 atom stereocenters. The Balaban J connectivity index is 2.05. The quantitative estimate of drug-likeness (QED) is 0.789. The van der Waals surface area contributed by atoms with Crippen molar-refractivity contribution in [2.75, 3.05) is 13.2 Å². The Morgan fingerprint density at radius 1 is 1.38 bits per heavy atom. The van der Waals surface area contributed by atoms with Gasteiger partial charge in [0.1, 0.15) is 6.61 Å². The molecule has 0 radical (unpaired) electrons. The molecule has 0 aliphatic carbocycles. The summed E-state index contributed by atoms with van der Waals surface area (Å²) in [7, 11) is 0. The predicted octanol–water partition coefficient (Wildman–Crippen LogP) is 2.26. The van der Waals surface area contributed by atoms with Gasteiger partial charge in [0, 0.05) is 6.42 Å². The van der Waals surface area contributed by atoms with Crippen LogP contribution in [0.3, 0.4) is 0 Å². The van der Waals surface area contributed by atoms with Crippen LogP contribution in [0.25, 0.3) is 11.5 Å². The maximum Gasteiger partial charge on any atom is 0.336 e. The third-order valence-electron chi connectivity index (χ3n) is 2.57. The molecule has 1 heterocycles. The maximum atomic E-state index is 11.9. The average molecular weight is 298 g/mol. The molecule has 6 nitrogen and oxygen atoms in total. The standard InChI is InChI=1S/C13H12F2N2O4/c14-10(15)7-20-6-5-11-16-12(21-17-11)8-3-1-2-4-9(8)13(18)19/h1-4,10H,5-7H2,(H,18,19). The summed E-state index contributed by atoms with van der Waals surface area (Å²) in [6, 6.07) is 6.21. The zero-order valence-corrected chi connectivity index (χ0v) is 10.8. The van der Waals surface area contributed by atoms with Crippen molar-refractivity contribution in [1.82, 2.24) is 10.1 Å². The van der Waals surface area contributed by atoms with E-state index in [0.29, 0.717) is 5.56 Å². The van der Waals surface area contributed by atoms with Crippen molar-refractivity contribution in [1.29, 1.82) is 0 Å². The van der Waals surface area contributed by atoms with E-state index in [1.54, 1.807) is 18.2 Å². The van der Waals surface area contributed by atoms with Crippen LogP contribution in [0.5, 0.6) is 0 Å². The molecule has 0 aliphatic heterocycles. The summed E-state index contributed by atoms with van der Waals surface area (Å²) in [5.41, 5.74) is 0.346. The second kappa shape index (κ2) is 6.89. The third-order valence-corrected chi connectivity index (χ3v) is 2.57. The molecule has 0 unspecified atom stereocenters. The summed E-state index contributed by atoms with van der Waals surface area (Å²) >= 11 is 0. The van der Waals surface area contributed by atoms with Gasteiger partial charge in [-0.1, -0.05) is 17.3 Å². The van der Waals surface area contributed by atoms with E-state index >= 15 is 0 Å². The molecule has 21 heavy (non-hydrogen) atoms. The van der Waals surface area contributed by atoms with Gasteiger partial charge in [0.05, 0.1) is 17.7 Å². The molecule has 1 aromatic carbocycles. The lowest BCUT2D eigenvalue weighted by atomic mass is 10.1. The van der Waals surface area contributed by atoms with Crippen LogP contribution in [0.1, 0.15) is 16.2 Å². The van der Waals surface area contributed by atoms with Crippen molar-refractivity contribution in [3.63, 3.8) is 0 Å². The van der Waals surface area contributed by atoms with Crippen LogP contribution in [-0.4, -0.2) is 40.9 Å². The molecular weight excluding hydrogens is 286 g/mol. The summed E-state index contributed by atoms with van der Waals surface area (Å²) in [5.74, 6) is -0.776. The highest BCUT2D eigenvalue weighted by molar-refractivity contribution is 5.94.